The molecule has 0 saturated heterocycles. The molecule has 1 rings (SSSR count). The highest BCUT2D eigenvalue weighted by molar-refractivity contribution is 6.30. The summed E-state index contributed by atoms with van der Waals surface area (Å²) in [6.45, 7) is 0.256. The van der Waals surface area contributed by atoms with Crippen molar-refractivity contribution in [1.82, 2.24) is 4.90 Å². The molecule has 3 N–H and O–H groups in total. The van der Waals surface area contributed by atoms with Gasteiger partial charge in [-0.05, 0) is 30.7 Å². The first-order valence-electron chi connectivity index (χ1n) is 5.96. The van der Waals surface area contributed by atoms with Gasteiger partial charge in [-0.2, -0.15) is 0 Å². The number of rotatable bonds is 7. The molecule has 2 amide bonds. The number of benzene rings is 1. The fraction of sp³-hybridized carbons (Fsp3) is 0.308. The van der Waals surface area contributed by atoms with Crippen molar-refractivity contribution in [3.05, 3.63) is 28.8 Å². The molecule has 0 fully saturated rings. The molecule has 8 heteroatoms. The monoisotopic (exact) mass is 314 g/mol. The highest BCUT2D eigenvalue weighted by atomic mass is 35.5. The summed E-state index contributed by atoms with van der Waals surface area (Å²) in [6, 6.07) is 4.87. The summed E-state index contributed by atoms with van der Waals surface area (Å²) in [5.41, 5.74) is 5.71. The number of halogens is 1. The minimum Gasteiger partial charge on any atom is -0.483 e. The maximum atomic E-state index is 11.9. The predicted octanol–water partition coefficient (Wildman–Crippen LogP) is 0.426. The second kappa shape index (κ2) is 7.49. The number of amides is 2. The average Bonchev–Trinajstić information content (AvgIpc) is 2.35. The van der Waals surface area contributed by atoms with Crippen LogP contribution in [0, 0.1) is 6.92 Å². The van der Waals surface area contributed by atoms with Crippen LogP contribution < -0.4 is 10.5 Å². The number of ether oxygens (including phenoxy) is 1. The third kappa shape index (κ3) is 5.70. The maximum absolute atomic E-state index is 11.9. The van der Waals surface area contributed by atoms with Gasteiger partial charge in [0.15, 0.2) is 6.61 Å². The van der Waals surface area contributed by atoms with Crippen LogP contribution in [0.1, 0.15) is 5.56 Å². The summed E-state index contributed by atoms with van der Waals surface area (Å²) in [7, 11) is 0. The van der Waals surface area contributed by atoms with Crippen LogP contribution in [0.4, 0.5) is 0 Å². The summed E-state index contributed by atoms with van der Waals surface area (Å²) in [5, 5.41) is 9.24. The molecule has 0 aliphatic rings. The Morgan fingerprint density at radius 3 is 2.52 bits per heavy atom. The van der Waals surface area contributed by atoms with Gasteiger partial charge in [-0.3, -0.25) is 14.4 Å². The summed E-state index contributed by atoms with van der Waals surface area (Å²) >= 11 is 5.80. The third-order valence-corrected chi connectivity index (χ3v) is 2.75. The molecule has 1 aromatic carbocycles. The lowest BCUT2D eigenvalue weighted by Gasteiger charge is -2.19. The van der Waals surface area contributed by atoms with Gasteiger partial charge in [0.05, 0.1) is 0 Å². The minimum absolute atomic E-state index is 0.400. The zero-order valence-electron chi connectivity index (χ0n) is 11.3. The standard InChI is InChI=1S/C13H15ClN2O5/c1-8-4-9(14)2-3-10(8)21-7-12(18)16(5-11(15)17)6-13(19)20/h2-4H,5-7H2,1H3,(H2,15,17)(H,19,20). The van der Waals surface area contributed by atoms with Gasteiger partial charge in [0.1, 0.15) is 18.8 Å². The molecular weight excluding hydrogens is 300 g/mol. The van der Waals surface area contributed by atoms with Crippen LogP contribution in [-0.2, 0) is 14.4 Å². The SMILES string of the molecule is Cc1cc(Cl)ccc1OCC(=O)N(CC(N)=O)CC(=O)O. The number of hydrogen-bond donors (Lipinski definition) is 2. The smallest absolute Gasteiger partial charge is 0.323 e. The molecule has 114 valence electrons. The molecule has 0 saturated carbocycles. The second-order valence-electron chi connectivity index (χ2n) is 4.31. The molecule has 0 aliphatic carbocycles. The highest BCUT2D eigenvalue weighted by Gasteiger charge is 2.19. The van der Waals surface area contributed by atoms with E-state index in [0.717, 1.165) is 10.5 Å². The van der Waals surface area contributed by atoms with E-state index in [4.69, 9.17) is 27.2 Å². The van der Waals surface area contributed by atoms with E-state index < -0.39 is 37.5 Å². The van der Waals surface area contributed by atoms with Crippen molar-refractivity contribution < 1.29 is 24.2 Å². The Hall–Kier alpha value is -2.28. The van der Waals surface area contributed by atoms with E-state index in [1.807, 2.05) is 0 Å². The van der Waals surface area contributed by atoms with Gasteiger partial charge in [-0.15, -0.1) is 0 Å². The number of carboxylic acids is 1. The first-order valence-corrected chi connectivity index (χ1v) is 6.34. The van der Waals surface area contributed by atoms with Gasteiger partial charge in [-0.1, -0.05) is 11.6 Å². The third-order valence-electron chi connectivity index (χ3n) is 2.51. The molecule has 0 spiro atoms. The van der Waals surface area contributed by atoms with Crippen LogP contribution in [0.25, 0.3) is 0 Å². The van der Waals surface area contributed by atoms with E-state index in [1.54, 1.807) is 25.1 Å². The molecule has 0 heterocycles. The zero-order chi connectivity index (χ0) is 16.0. The molecule has 21 heavy (non-hydrogen) atoms. The van der Waals surface area contributed by atoms with Crippen molar-refractivity contribution >= 4 is 29.4 Å². The minimum atomic E-state index is -1.24. The molecule has 1 aromatic rings. The van der Waals surface area contributed by atoms with Crippen LogP contribution in [0.5, 0.6) is 5.75 Å². The van der Waals surface area contributed by atoms with Gasteiger partial charge in [-0.25, -0.2) is 0 Å². The Labute approximate surface area is 126 Å². The highest BCUT2D eigenvalue weighted by Crippen LogP contribution is 2.21. The van der Waals surface area contributed by atoms with Crippen molar-refractivity contribution in [3.63, 3.8) is 0 Å². The number of carbonyl (C=O) groups excluding carboxylic acids is 2. The maximum Gasteiger partial charge on any atom is 0.323 e. The number of nitrogens with two attached hydrogens (primary N) is 1. The van der Waals surface area contributed by atoms with Crippen molar-refractivity contribution in [3.8, 4) is 5.75 Å². The zero-order valence-corrected chi connectivity index (χ0v) is 12.1. The van der Waals surface area contributed by atoms with Crippen LogP contribution in [0.3, 0.4) is 0 Å². The topological polar surface area (TPSA) is 110 Å². The van der Waals surface area contributed by atoms with Crippen molar-refractivity contribution in [2.75, 3.05) is 19.7 Å². The Kier molecular flexibility index (Phi) is 5.98. The summed E-state index contributed by atoms with van der Waals surface area (Å²) in [4.78, 5) is 34.2. The summed E-state index contributed by atoms with van der Waals surface area (Å²) in [5.74, 6) is -2.24. The second-order valence-corrected chi connectivity index (χ2v) is 4.74. The van der Waals surface area contributed by atoms with Gasteiger partial charge < -0.3 is 20.5 Å². The van der Waals surface area contributed by atoms with Crippen LogP contribution in [0.2, 0.25) is 5.02 Å². The lowest BCUT2D eigenvalue weighted by atomic mass is 10.2. The summed E-state index contributed by atoms with van der Waals surface area (Å²) in [6.07, 6.45) is 0. The molecule has 0 aromatic heterocycles. The van der Waals surface area contributed by atoms with Gasteiger partial charge >= 0.3 is 5.97 Å². The first-order chi connectivity index (χ1) is 9.79. The molecule has 0 bridgehead atoms. The number of aryl methyl sites for hydroxylation is 1. The van der Waals surface area contributed by atoms with E-state index in [2.05, 4.69) is 0 Å². The quantitative estimate of drug-likeness (QED) is 0.758. The number of primary amides is 1. The Morgan fingerprint density at radius 1 is 1.33 bits per heavy atom. The number of nitrogens with zero attached hydrogens (tertiary/aromatic N) is 1. The van der Waals surface area contributed by atoms with Gasteiger partial charge in [0.2, 0.25) is 5.91 Å². The van der Waals surface area contributed by atoms with Crippen LogP contribution >= 0.6 is 11.6 Å². The van der Waals surface area contributed by atoms with E-state index in [9.17, 15) is 14.4 Å². The van der Waals surface area contributed by atoms with E-state index in [-0.39, 0.29) is 0 Å². The van der Waals surface area contributed by atoms with Crippen LogP contribution in [0.15, 0.2) is 18.2 Å². The fourth-order valence-corrected chi connectivity index (χ4v) is 1.82. The van der Waals surface area contributed by atoms with E-state index in [1.165, 1.54) is 0 Å². The molecule has 0 unspecified atom stereocenters. The number of aliphatic carboxylic acids is 1. The lowest BCUT2D eigenvalue weighted by Crippen LogP contribution is -2.43. The van der Waals surface area contributed by atoms with E-state index in [0.29, 0.717) is 10.8 Å². The first kappa shape index (κ1) is 16.8. The van der Waals surface area contributed by atoms with Gasteiger partial charge in [0, 0.05) is 5.02 Å². The molecule has 0 aliphatic heterocycles. The number of hydrogen-bond acceptors (Lipinski definition) is 4. The Bertz CT molecular complexity index is 545. The predicted molar refractivity (Wildman–Crippen MR) is 75.1 cm³/mol. The van der Waals surface area contributed by atoms with E-state index >= 15 is 0 Å². The lowest BCUT2D eigenvalue weighted by molar-refractivity contribution is -0.146. The normalized spacial score (nSPS) is 10.0. The van der Waals surface area contributed by atoms with Crippen molar-refractivity contribution in [2.45, 2.75) is 6.92 Å². The molecule has 7 nitrogen and oxygen atoms in total. The molecule has 0 radical (unpaired) electrons. The number of carboxylic acid groups (broad SMARTS) is 1. The van der Waals surface area contributed by atoms with Gasteiger partial charge in [0.25, 0.3) is 5.91 Å². The largest absolute Gasteiger partial charge is 0.483 e. The van der Waals surface area contributed by atoms with Crippen molar-refractivity contribution in [2.24, 2.45) is 5.73 Å². The van der Waals surface area contributed by atoms with Crippen LogP contribution in [-0.4, -0.2) is 47.5 Å². The fourth-order valence-electron chi connectivity index (χ4n) is 1.59. The number of carbonyl (C=O) groups is 3. The molecular formula is C13H15ClN2O5. The Balaban J connectivity index is 2.68. The average molecular weight is 315 g/mol. The summed E-state index contributed by atoms with van der Waals surface area (Å²) < 4.78 is 5.30. The Morgan fingerprint density at radius 2 is 2.00 bits per heavy atom. The molecule has 0 atom stereocenters. The van der Waals surface area contributed by atoms with Crippen molar-refractivity contribution in [1.29, 1.82) is 0 Å².